The van der Waals surface area contributed by atoms with Crippen LogP contribution in [0.3, 0.4) is 0 Å². The van der Waals surface area contributed by atoms with Gasteiger partial charge in [-0.2, -0.15) is 0 Å². The van der Waals surface area contributed by atoms with E-state index in [1.54, 1.807) is 30.3 Å². The van der Waals surface area contributed by atoms with Gasteiger partial charge < -0.3 is 14.5 Å². The lowest BCUT2D eigenvalue weighted by atomic mass is 10.2. The molecule has 1 aromatic heterocycles. The molecule has 0 saturated carbocycles. The average Bonchev–Trinajstić information content (AvgIpc) is 3.17. The number of oxazole rings is 1. The quantitative estimate of drug-likeness (QED) is 0.386. The van der Waals surface area contributed by atoms with Gasteiger partial charge in [-0.3, -0.25) is 14.9 Å². The first-order chi connectivity index (χ1) is 14.1. The first-order valence-corrected chi connectivity index (χ1v) is 8.71. The van der Waals surface area contributed by atoms with Crippen LogP contribution in [0, 0.1) is 10.1 Å². The molecule has 8 heteroatoms. The van der Waals surface area contributed by atoms with Crippen molar-refractivity contribution in [3.63, 3.8) is 0 Å². The van der Waals surface area contributed by atoms with E-state index in [2.05, 4.69) is 10.3 Å². The van der Waals surface area contributed by atoms with E-state index < -0.39 is 4.92 Å². The largest absolute Gasteiger partial charge is 0.484 e. The molecular weight excluding hydrogens is 374 g/mol. The van der Waals surface area contributed by atoms with Gasteiger partial charge in [-0.15, -0.1) is 0 Å². The van der Waals surface area contributed by atoms with Crippen LogP contribution < -0.4 is 10.1 Å². The lowest BCUT2D eigenvalue weighted by Gasteiger charge is -2.08. The monoisotopic (exact) mass is 389 g/mol. The summed E-state index contributed by atoms with van der Waals surface area (Å²) in [6.45, 7) is -0.270. The maximum atomic E-state index is 12.1. The molecule has 0 aliphatic heterocycles. The Morgan fingerprint density at radius 3 is 2.62 bits per heavy atom. The summed E-state index contributed by atoms with van der Waals surface area (Å²) in [6, 6.07) is 20.2. The summed E-state index contributed by atoms with van der Waals surface area (Å²) >= 11 is 0. The Hall–Kier alpha value is -4.20. The third-order valence-electron chi connectivity index (χ3n) is 4.11. The van der Waals surface area contributed by atoms with Gasteiger partial charge in [0.25, 0.3) is 11.6 Å². The van der Waals surface area contributed by atoms with E-state index in [0.29, 0.717) is 17.2 Å². The number of nitrogens with one attached hydrogen (secondary N) is 1. The van der Waals surface area contributed by atoms with Crippen molar-refractivity contribution < 1.29 is 18.9 Å². The zero-order valence-electron chi connectivity index (χ0n) is 15.1. The number of rotatable bonds is 6. The Balaban J connectivity index is 1.37. The molecule has 8 nitrogen and oxygen atoms in total. The molecule has 0 saturated heterocycles. The maximum Gasteiger partial charge on any atom is 0.273 e. The van der Waals surface area contributed by atoms with E-state index in [-0.39, 0.29) is 24.0 Å². The third-order valence-corrected chi connectivity index (χ3v) is 4.11. The molecule has 0 fully saturated rings. The highest BCUT2D eigenvalue weighted by atomic mass is 16.6. The second-order valence-electron chi connectivity index (χ2n) is 6.16. The van der Waals surface area contributed by atoms with Crippen LogP contribution in [-0.4, -0.2) is 22.4 Å². The Labute approximate surface area is 164 Å². The summed E-state index contributed by atoms with van der Waals surface area (Å²) < 4.78 is 11.0. The molecule has 0 aliphatic rings. The number of non-ortho nitro benzene ring substituents is 1. The number of nitro benzene ring substituents is 1. The minimum Gasteiger partial charge on any atom is -0.484 e. The molecule has 1 heterocycles. The molecule has 4 aromatic rings. The van der Waals surface area contributed by atoms with Crippen LogP contribution in [0.5, 0.6) is 5.75 Å². The summed E-state index contributed by atoms with van der Waals surface area (Å²) in [7, 11) is 0. The fraction of sp³-hybridized carbons (Fsp3) is 0.0476. The van der Waals surface area contributed by atoms with Crippen LogP contribution in [0.4, 0.5) is 11.4 Å². The standard InChI is InChI=1S/C21H15N3O5/c25-20(13-28-17-5-3-4-16(12-17)24(26)27)22-15-10-8-14(9-11-15)21-23-18-6-1-2-7-19(18)29-21/h1-12H,13H2,(H,22,25). The van der Waals surface area contributed by atoms with E-state index in [1.165, 1.54) is 18.2 Å². The SMILES string of the molecule is O=C(COc1cccc([N+](=O)[O-])c1)Nc1ccc(-c2nc3ccccc3o2)cc1. The van der Waals surface area contributed by atoms with E-state index >= 15 is 0 Å². The number of carbonyl (C=O) groups is 1. The van der Waals surface area contributed by atoms with Crippen LogP contribution in [0.1, 0.15) is 0 Å². The molecule has 0 bridgehead atoms. The van der Waals surface area contributed by atoms with Gasteiger partial charge in [-0.25, -0.2) is 4.98 Å². The summed E-state index contributed by atoms with van der Waals surface area (Å²) in [5, 5.41) is 13.5. The highest BCUT2D eigenvalue weighted by Gasteiger charge is 2.10. The minimum absolute atomic E-state index is 0.0994. The number of para-hydroxylation sites is 2. The highest BCUT2D eigenvalue weighted by Crippen LogP contribution is 2.25. The number of fused-ring (bicyclic) bond motifs is 1. The molecule has 1 amide bonds. The van der Waals surface area contributed by atoms with Crippen molar-refractivity contribution in [2.24, 2.45) is 0 Å². The van der Waals surface area contributed by atoms with Crippen molar-refractivity contribution in [3.8, 4) is 17.2 Å². The van der Waals surface area contributed by atoms with Crippen molar-refractivity contribution in [3.05, 3.63) is 82.9 Å². The summed E-state index contributed by atoms with van der Waals surface area (Å²) in [5.74, 6) is 0.366. The predicted molar refractivity (Wildman–Crippen MR) is 107 cm³/mol. The molecule has 0 spiro atoms. The molecule has 1 N–H and O–H groups in total. The van der Waals surface area contributed by atoms with Gasteiger partial charge in [-0.1, -0.05) is 18.2 Å². The number of hydrogen-bond acceptors (Lipinski definition) is 6. The number of nitro groups is 1. The molecule has 0 unspecified atom stereocenters. The highest BCUT2D eigenvalue weighted by molar-refractivity contribution is 5.92. The fourth-order valence-corrected chi connectivity index (χ4v) is 2.72. The smallest absolute Gasteiger partial charge is 0.273 e. The Bertz CT molecular complexity index is 1150. The van der Waals surface area contributed by atoms with E-state index in [1.807, 2.05) is 24.3 Å². The molecular formula is C21H15N3O5. The molecule has 4 rings (SSSR count). The summed E-state index contributed by atoms with van der Waals surface area (Å²) in [4.78, 5) is 26.8. The molecule has 0 radical (unpaired) electrons. The number of carbonyl (C=O) groups excluding carboxylic acids is 1. The maximum absolute atomic E-state index is 12.1. The second kappa shape index (κ2) is 7.81. The molecule has 0 atom stereocenters. The van der Waals surface area contributed by atoms with Crippen LogP contribution in [0.2, 0.25) is 0 Å². The van der Waals surface area contributed by atoms with Gasteiger partial charge >= 0.3 is 0 Å². The van der Waals surface area contributed by atoms with E-state index in [4.69, 9.17) is 9.15 Å². The number of hydrogen-bond donors (Lipinski definition) is 1. The first kappa shape index (κ1) is 18.2. The third kappa shape index (κ3) is 4.22. The number of ether oxygens (including phenoxy) is 1. The van der Waals surface area contributed by atoms with Crippen molar-refractivity contribution in [2.45, 2.75) is 0 Å². The topological polar surface area (TPSA) is 108 Å². The molecule has 0 aliphatic carbocycles. The summed E-state index contributed by atoms with van der Waals surface area (Å²) in [6.07, 6.45) is 0. The number of amides is 1. The fourth-order valence-electron chi connectivity index (χ4n) is 2.72. The van der Waals surface area contributed by atoms with Crippen molar-refractivity contribution in [2.75, 3.05) is 11.9 Å². The van der Waals surface area contributed by atoms with Crippen LogP contribution in [-0.2, 0) is 4.79 Å². The average molecular weight is 389 g/mol. The van der Waals surface area contributed by atoms with Crippen LogP contribution >= 0.6 is 0 Å². The number of nitrogens with zero attached hydrogens (tertiary/aromatic N) is 2. The summed E-state index contributed by atoms with van der Waals surface area (Å²) in [5.41, 5.74) is 2.75. The predicted octanol–water partition coefficient (Wildman–Crippen LogP) is 4.42. The van der Waals surface area contributed by atoms with E-state index in [0.717, 1.165) is 11.1 Å². The van der Waals surface area contributed by atoms with Gasteiger partial charge in [-0.05, 0) is 42.5 Å². The van der Waals surface area contributed by atoms with Gasteiger partial charge in [0.2, 0.25) is 5.89 Å². The number of anilines is 1. The van der Waals surface area contributed by atoms with Gasteiger partial charge in [0.1, 0.15) is 11.3 Å². The normalized spacial score (nSPS) is 10.6. The van der Waals surface area contributed by atoms with Crippen LogP contribution in [0.15, 0.2) is 77.2 Å². The van der Waals surface area contributed by atoms with Gasteiger partial charge in [0.15, 0.2) is 12.2 Å². The minimum atomic E-state index is -0.522. The number of aromatic nitrogens is 1. The Morgan fingerprint density at radius 1 is 1.07 bits per heavy atom. The molecule has 144 valence electrons. The van der Waals surface area contributed by atoms with Gasteiger partial charge in [0.05, 0.1) is 11.0 Å². The number of benzene rings is 3. The molecule has 29 heavy (non-hydrogen) atoms. The Kier molecular flexibility index (Phi) is 4.90. The van der Waals surface area contributed by atoms with E-state index in [9.17, 15) is 14.9 Å². The lowest BCUT2D eigenvalue weighted by Crippen LogP contribution is -2.20. The van der Waals surface area contributed by atoms with Gasteiger partial charge in [0, 0.05) is 17.3 Å². The zero-order valence-corrected chi connectivity index (χ0v) is 15.1. The first-order valence-electron chi connectivity index (χ1n) is 8.71. The van der Waals surface area contributed by atoms with Crippen LogP contribution in [0.25, 0.3) is 22.6 Å². The zero-order chi connectivity index (χ0) is 20.2. The van der Waals surface area contributed by atoms with Crippen molar-refractivity contribution in [1.82, 2.24) is 4.98 Å². The Morgan fingerprint density at radius 2 is 1.86 bits per heavy atom. The lowest BCUT2D eigenvalue weighted by molar-refractivity contribution is -0.384. The van der Waals surface area contributed by atoms with Crippen molar-refractivity contribution >= 4 is 28.4 Å². The second-order valence-corrected chi connectivity index (χ2v) is 6.16. The molecule has 3 aromatic carbocycles. The van der Waals surface area contributed by atoms with Crippen molar-refractivity contribution in [1.29, 1.82) is 0 Å².